The Kier molecular flexibility index (Phi) is 10.4. The lowest BCUT2D eigenvalue weighted by Gasteiger charge is -2.31. The number of ether oxygens (including phenoxy) is 1. The second-order valence-electron chi connectivity index (χ2n) is 10.0. The van der Waals surface area contributed by atoms with E-state index in [0.717, 1.165) is 43.1 Å². The number of furan rings is 1. The largest absolute Gasteiger partial charge is 0.497 e. The van der Waals surface area contributed by atoms with Crippen molar-refractivity contribution in [2.24, 2.45) is 0 Å². The van der Waals surface area contributed by atoms with Crippen LogP contribution < -0.4 is 10.1 Å². The van der Waals surface area contributed by atoms with Crippen molar-refractivity contribution in [3.8, 4) is 5.75 Å². The molecule has 0 bridgehead atoms. The Balaban J connectivity index is 1.46. The SMILES string of the molecule is COc1ccc(NC(=O)N(CCN2CCCCC2)CC(=O)N(CCc2ccccc2)Cc2ccc(C)o2)cc1. The minimum atomic E-state index is -0.289. The van der Waals surface area contributed by atoms with Crippen molar-refractivity contribution in [1.29, 1.82) is 0 Å². The van der Waals surface area contributed by atoms with Crippen LogP contribution in [0.2, 0.25) is 0 Å². The van der Waals surface area contributed by atoms with Crippen molar-refractivity contribution in [1.82, 2.24) is 14.7 Å². The number of amides is 3. The van der Waals surface area contributed by atoms with Crippen molar-refractivity contribution in [2.45, 2.75) is 39.2 Å². The van der Waals surface area contributed by atoms with Gasteiger partial charge in [0.05, 0.1) is 13.7 Å². The third kappa shape index (κ3) is 8.89. The minimum Gasteiger partial charge on any atom is -0.497 e. The molecule has 4 rings (SSSR count). The molecule has 1 aliphatic rings. The topological polar surface area (TPSA) is 78.3 Å². The summed E-state index contributed by atoms with van der Waals surface area (Å²) in [5.41, 5.74) is 1.81. The zero-order chi connectivity index (χ0) is 27.5. The smallest absolute Gasteiger partial charge is 0.322 e. The average molecular weight is 533 g/mol. The Morgan fingerprint density at radius 3 is 2.33 bits per heavy atom. The van der Waals surface area contributed by atoms with Crippen LogP contribution in [0.1, 0.15) is 36.3 Å². The molecule has 3 aromatic rings. The normalized spacial score (nSPS) is 13.6. The number of likely N-dealkylation sites (tertiary alicyclic amines) is 1. The number of aryl methyl sites for hydroxylation is 1. The van der Waals surface area contributed by atoms with E-state index in [1.807, 2.05) is 37.3 Å². The van der Waals surface area contributed by atoms with Gasteiger partial charge in [-0.2, -0.15) is 0 Å². The number of rotatable bonds is 12. The first-order chi connectivity index (χ1) is 19.0. The van der Waals surface area contributed by atoms with Crippen molar-refractivity contribution >= 4 is 17.6 Å². The first-order valence-electron chi connectivity index (χ1n) is 13.8. The van der Waals surface area contributed by atoms with Crippen molar-refractivity contribution in [3.63, 3.8) is 0 Å². The Labute approximate surface area is 231 Å². The zero-order valence-electron chi connectivity index (χ0n) is 23.1. The van der Waals surface area contributed by atoms with Gasteiger partial charge in [0.2, 0.25) is 5.91 Å². The molecular weight excluding hydrogens is 492 g/mol. The number of carbonyl (C=O) groups excluding carboxylic acids is 2. The number of piperidine rings is 1. The number of nitrogens with one attached hydrogen (secondary N) is 1. The van der Waals surface area contributed by atoms with E-state index < -0.39 is 0 Å². The number of nitrogens with zero attached hydrogens (tertiary/aromatic N) is 3. The molecule has 0 aliphatic carbocycles. The highest BCUT2D eigenvalue weighted by Crippen LogP contribution is 2.17. The Bertz CT molecular complexity index is 1170. The fourth-order valence-electron chi connectivity index (χ4n) is 4.80. The van der Waals surface area contributed by atoms with Gasteiger partial charge < -0.3 is 29.2 Å². The number of urea groups is 1. The highest BCUT2D eigenvalue weighted by Gasteiger charge is 2.23. The highest BCUT2D eigenvalue weighted by molar-refractivity contribution is 5.92. The third-order valence-corrected chi connectivity index (χ3v) is 7.10. The number of methoxy groups -OCH3 is 1. The third-order valence-electron chi connectivity index (χ3n) is 7.10. The number of benzene rings is 2. The predicted molar refractivity (Wildman–Crippen MR) is 153 cm³/mol. The molecule has 0 atom stereocenters. The van der Waals surface area contributed by atoms with E-state index in [-0.39, 0.29) is 18.5 Å². The van der Waals surface area contributed by atoms with Crippen LogP contribution in [-0.4, -0.2) is 73.0 Å². The Morgan fingerprint density at radius 2 is 1.67 bits per heavy atom. The van der Waals surface area contributed by atoms with E-state index >= 15 is 0 Å². The fourth-order valence-corrected chi connectivity index (χ4v) is 4.80. The van der Waals surface area contributed by atoms with Gasteiger partial charge in [-0.3, -0.25) is 4.79 Å². The molecule has 8 nitrogen and oxygen atoms in total. The fraction of sp³-hybridized carbons (Fsp3) is 0.419. The van der Waals surface area contributed by atoms with Crippen molar-refractivity contribution in [3.05, 3.63) is 83.8 Å². The molecule has 0 radical (unpaired) electrons. The van der Waals surface area contributed by atoms with Gasteiger partial charge in [-0.15, -0.1) is 0 Å². The molecule has 0 unspecified atom stereocenters. The van der Waals surface area contributed by atoms with Gasteiger partial charge >= 0.3 is 6.03 Å². The lowest BCUT2D eigenvalue weighted by atomic mass is 10.1. The quantitative estimate of drug-likeness (QED) is 0.347. The maximum Gasteiger partial charge on any atom is 0.322 e. The van der Waals surface area contributed by atoms with Crippen LogP contribution in [0.25, 0.3) is 0 Å². The Hall–Kier alpha value is -3.78. The maximum absolute atomic E-state index is 13.7. The number of carbonyl (C=O) groups is 2. The van der Waals surface area contributed by atoms with Crippen LogP contribution in [0, 0.1) is 6.92 Å². The maximum atomic E-state index is 13.7. The van der Waals surface area contributed by atoms with E-state index in [2.05, 4.69) is 22.3 Å². The van der Waals surface area contributed by atoms with Gasteiger partial charge in [0.25, 0.3) is 0 Å². The van der Waals surface area contributed by atoms with E-state index in [4.69, 9.17) is 9.15 Å². The summed E-state index contributed by atoms with van der Waals surface area (Å²) >= 11 is 0. The standard InChI is InChI=1S/C31H40N4O4/c1-25-11-14-29(39-25)23-34(20-17-26-9-5-3-6-10-26)30(36)24-35(22-21-33-18-7-4-8-19-33)31(37)32-27-12-15-28(38-2)16-13-27/h3,5-6,9-16H,4,7-8,17-24H2,1-2H3,(H,32,37). The van der Waals surface area contributed by atoms with Crippen LogP contribution in [-0.2, 0) is 17.8 Å². The Morgan fingerprint density at radius 1 is 0.923 bits per heavy atom. The molecule has 3 amide bonds. The molecule has 1 aromatic heterocycles. The summed E-state index contributed by atoms with van der Waals surface area (Å²) in [5.74, 6) is 2.15. The molecule has 0 saturated carbocycles. The monoisotopic (exact) mass is 532 g/mol. The first kappa shape index (κ1) is 28.2. The minimum absolute atomic E-state index is 0.00961. The molecule has 208 valence electrons. The number of hydrogen-bond donors (Lipinski definition) is 1. The molecule has 39 heavy (non-hydrogen) atoms. The molecule has 8 heteroatoms. The summed E-state index contributed by atoms with van der Waals surface area (Å²) in [4.78, 5) is 32.9. The molecular formula is C31H40N4O4. The molecule has 0 spiro atoms. The van der Waals surface area contributed by atoms with Gasteiger partial charge in [-0.1, -0.05) is 36.8 Å². The molecule has 1 N–H and O–H groups in total. The average Bonchev–Trinajstić information content (AvgIpc) is 3.39. The van der Waals surface area contributed by atoms with E-state index in [1.54, 1.807) is 41.2 Å². The molecule has 1 aliphatic heterocycles. The summed E-state index contributed by atoms with van der Waals surface area (Å²) in [6, 6.07) is 20.8. The predicted octanol–water partition coefficient (Wildman–Crippen LogP) is 5.19. The van der Waals surface area contributed by atoms with Crippen LogP contribution in [0.15, 0.2) is 71.1 Å². The van der Waals surface area contributed by atoms with Gasteiger partial charge in [0.15, 0.2) is 0 Å². The summed E-state index contributed by atoms with van der Waals surface area (Å²) in [6.07, 6.45) is 4.32. The number of anilines is 1. The van der Waals surface area contributed by atoms with Crippen LogP contribution in [0.4, 0.5) is 10.5 Å². The van der Waals surface area contributed by atoms with Crippen LogP contribution in [0.3, 0.4) is 0 Å². The number of hydrogen-bond acceptors (Lipinski definition) is 5. The lowest BCUT2D eigenvalue weighted by molar-refractivity contribution is -0.132. The highest BCUT2D eigenvalue weighted by atomic mass is 16.5. The van der Waals surface area contributed by atoms with Gasteiger partial charge in [0.1, 0.15) is 23.8 Å². The first-order valence-corrected chi connectivity index (χ1v) is 13.8. The van der Waals surface area contributed by atoms with Crippen LogP contribution in [0.5, 0.6) is 5.75 Å². The summed E-state index contributed by atoms with van der Waals surface area (Å²) < 4.78 is 11.0. The summed E-state index contributed by atoms with van der Waals surface area (Å²) in [7, 11) is 1.61. The second-order valence-corrected chi connectivity index (χ2v) is 10.0. The van der Waals surface area contributed by atoms with Gasteiger partial charge in [0, 0.05) is 25.3 Å². The van der Waals surface area contributed by atoms with Crippen molar-refractivity contribution < 1.29 is 18.7 Å². The molecule has 1 saturated heterocycles. The van der Waals surface area contributed by atoms with E-state index in [9.17, 15) is 9.59 Å². The van der Waals surface area contributed by atoms with E-state index in [0.29, 0.717) is 31.1 Å². The van der Waals surface area contributed by atoms with Gasteiger partial charge in [-0.25, -0.2) is 4.79 Å². The van der Waals surface area contributed by atoms with Gasteiger partial charge in [-0.05, 0) is 81.2 Å². The molecule has 2 heterocycles. The van der Waals surface area contributed by atoms with Crippen LogP contribution >= 0.6 is 0 Å². The summed E-state index contributed by atoms with van der Waals surface area (Å²) in [5, 5.41) is 2.96. The van der Waals surface area contributed by atoms with Crippen molar-refractivity contribution in [2.75, 3.05) is 51.7 Å². The zero-order valence-corrected chi connectivity index (χ0v) is 23.1. The molecule has 2 aromatic carbocycles. The molecule has 1 fully saturated rings. The van der Waals surface area contributed by atoms with E-state index in [1.165, 1.54) is 19.3 Å². The lowest BCUT2D eigenvalue weighted by Crippen LogP contribution is -2.47. The second kappa shape index (κ2) is 14.4. The summed E-state index contributed by atoms with van der Waals surface area (Å²) in [6.45, 7) is 6.05.